The molecule has 0 amide bonds. The molecule has 0 spiro atoms. The van der Waals surface area contributed by atoms with E-state index in [2.05, 4.69) is 32.9 Å². The Kier molecular flexibility index (Phi) is 71.0. The molecule has 492 valence electrons. The first-order valence-corrected chi connectivity index (χ1v) is 38.2. The third-order valence-electron chi connectivity index (χ3n) is 17.8. The SMILES string of the molecule is CCCCCCCCCC/C=C\CCCCCCCCCCCCCC(=O)OC(COC(=O)CCCCCCCCCCCCCC)COC(=O)CCCCCCCCCCCCCCCCCCCCCCCCCCCCCCCC. The minimum absolute atomic E-state index is 0.0630. The first-order valence-electron chi connectivity index (χ1n) is 38.2. The predicted molar refractivity (Wildman–Crippen MR) is 363 cm³/mol. The van der Waals surface area contributed by atoms with Gasteiger partial charge in [-0.15, -0.1) is 0 Å². The summed E-state index contributed by atoms with van der Waals surface area (Å²) >= 11 is 0. The molecule has 0 fully saturated rings. The number of allylic oxidation sites excluding steroid dienone is 2. The van der Waals surface area contributed by atoms with E-state index in [1.54, 1.807) is 0 Å². The van der Waals surface area contributed by atoms with Gasteiger partial charge in [0.15, 0.2) is 6.10 Å². The second kappa shape index (κ2) is 72.6. The predicted octanol–water partition coefficient (Wildman–Crippen LogP) is 26.3. The van der Waals surface area contributed by atoms with E-state index >= 15 is 0 Å². The van der Waals surface area contributed by atoms with Crippen molar-refractivity contribution < 1.29 is 28.6 Å². The quantitative estimate of drug-likeness (QED) is 0.0261. The molecule has 0 aliphatic heterocycles. The lowest BCUT2D eigenvalue weighted by molar-refractivity contribution is -0.167. The molecule has 0 rings (SSSR count). The molecule has 83 heavy (non-hydrogen) atoms. The monoisotopic (exact) mass is 1170 g/mol. The summed E-state index contributed by atoms with van der Waals surface area (Å²) < 4.78 is 17.0. The molecule has 0 aromatic heterocycles. The number of hydrogen-bond acceptors (Lipinski definition) is 6. The van der Waals surface area contributed by atoms with Crippen molar-refractivity contribution in [1.29, 1.82) is 0 Å². The number of rotatable bonds is 72. The van der Waals surface area contributed by atoms with Crippen LogP contribution in [-0.4, -0.2) is 37.2 Å². The smallest absolute Gasteiger partial charge is 0.306 e. The summed E-state index contributed by atoms with van der Waals surface area (Å²) in [5.74, 6) is -0.827. The normalized spacial score (nSPS) is 12.0. The lowest BCUT2D eigenvalue weighted by atomic mass is 10.0. The molecule has 6 heteroatoms. The van der Waals surface area contributed by atoms with E-state index in [0.717, 1.165) is 57.8 Å². The van der Waals surface area contributed by atoms with Crippen molar-refractivity contribution in [2.45, 2.75) is 451 Å². The molecule has 0 bridgehead atoms. The van der Waals surface area contributed by atoms with Crippen molar-refractivity contribution >= 4 is 17.9 Å². The summed E-state index contributed by atoms with van der Waals surface area (Å²) in [6, 6.07) is 0. The molecule has 1 unspecified atom stereocenters. The van der Waals surface area contributed by atoms with Gasteiger partial charge in [-0.05, 0) is 44.9 Å². The van der Waals surface area contributed by atoms with E-state index < -0.39 is 6.10 Å². The van der Waals surface area contributed by atoms with Gasteiger partial charge in [-0.2, -0.15) is 0 Å². The first-order chi connectivity index (χ1) is 41.0. The van der Waals surface area contributed by atoms with Gasteiger partial charge in [0.1, 0.15) is 13.2 Å². The van der Waals surface area contributed by atoms with Gasteiger partial charge in [0.2, 0.25) is 0 Å². The van der Waals surface area contributed by atoms with Crippen molar-refractivity contribution in [3.05, 3.63) is 12.2 Å². The maximum atomic E-state index is 13.0. The summed E-state index contributed by atoms with van der Waals surface area (Å²) in [4.78, 5) is 38.5. The highest BCUT2D eigenvalue weighted by Gasteiger charge is 2.20. The number of ether oxygens (including phenoxy) is 3. The van der Waals surface area contributed by atoms with Crippen LogP contribution in [0.4, 0.5) is 0 Å². The minimum Gasteiger partial charge on any atom is -0.462 e. The highest BCUT2D eigenvalue weighted by atomic mass is 16.6. The van der Waals surface area contributed by atoms with Crippen molar-refractivity contribution in [3.8, 4) is 0 Å². The van der Waals surface area contributed by atoms with Crippen LogP contribution in [0.5, 0.6) is 0 Å². The van der Waals surface area contributed by atoms with Crippen LogP contribution in [0.25, 0.3) is 0 Å². The maximum absolute atomic E-state index is 13.0. The average Bonchev–Trinajstić information content (AvgIpc) is 3.49. The molecule has 0 aliphatic carbocycles. The number of hydrogen-bond donors (Lipinski definition) is 0. The Morgan fingerprint density at radius 1 is 0.229 bits per heavy atom. The minimum atomic E-state index is -0.767. The summed E-state index contributed by atoms with van der Waals surface area (Å²) in [7, 11) is 0. The third kappa shape index (κ3) is 70.8. The van der Waals surface area contributed by atoms with Gasteiger partial charge in [-0.3, -0.25) is 14.4 Å². The molecule has 6 nitrogen and oxygen atoms in total. The number of carbonyl (C=O) groups excluding carboxylic acids is 3. The fourth-order valence-corrected chi connectivity index (χ4v) is 12.0. The lowest BCUT2D eigenvalue weighted by Crippen LogP contribution is -2.30. The van der Waals surface area contributed by atoms with Crippen LogP contribution in [0.2, 0.25) is 0 Å². The average molecular weight is 1170 g/mol. The van der Waals surface area contributed by atoms with Crippen LogP contribution < -0.4 is 0 Å². The van der Waals surface area contributed by atoms with Crippen molar-refractivity contribution in [3.63, 3.8) is 0 Å². The molecular weight excluding hydrogens is 1020 g/mol. The Morgan fingerprint density at radius 3 is 0.602 bits per heavy atom. The second-order valence-corrected chi connectivity index (χ2v) is 26.3. The molecule has 0 heterocycles. The summed E-state index contributed by atoms with van der Waals surface area (Å²) in [5.41, 5.74) is 0. The van der Waals surface area contributed by atoms with Gasteiger partial charge in [0.25, 0.3) is 0 Å². The van der Waals surface area contributed by atoms with Crippen molar-refractivity contribution in [1.82, 2.24) is 0 Å². The van der Waals surface area contributed by atoms with Crippen molar-refractivity contribution in [2.75, 3.05) is 13.2 Å². The fraction of sp³-hybridized carbons (Fsp3) is 0.935. The molecule has 0 radical (unpaired) electrons. The van der Waals surface area contributed by atoms with Gasteiger partial charge in [-0.1, -0.05) is 392 Å². The molecule has 0 saturated carbocycles. The number of carbonyl (C=O) groups is 3. The van der Waals surface area contributed by atoms with Gasteiger partial charge >= 0.3 is 17.9 Å². The Hall–Kier alpha value is -1.85. The molecule has 0 N–H and O–H groups in total. The van der Waals surface area contributed by atoms with Crippen LogP contribution in [0.1, 0.15) is 445 Å². The van der Waals surface area contributed by atoms with E-state index in [0.29, 0.717) is 19.3 Å². The van der Waals surface area contributed by atoms with Crippen molar-refractivity contribution in [2.24, 2.45) is 0 Å². The topological polar surface area (TPSA) is 78.9 Å². The van der Waals surface area contributed by atoms with Gasteiger partial charge < -0.3 is 14.2 Å². The fourth-order valence-electron chi connectivity index (χ4n) is 12.0. The number of unbranched alkanes of at least 4 members (excludes halogenated alkanes) is 59. The van der Waals surface area contributed by atoms with Gasteiger partial charge in [-0.25, -0.2) is 0 Å². The Labute approximate surface area is 520 Å². The zero-order valence-corrected chi connectivity index (χ0v) is 56.8. The first kappa shape index (κ1) is 81.2. The molecule has 0 aromatic rings. The zero-order valence-electron chi connectivity index (χ0n) is 56.8. The Balaban J connectivity index is 4.12. The molecular formula is C77H148O6. The summed E-state index contributed by atoms with van der Waals surface area (Å²) in [5, 5.41) is 0. The molecule has 0 aliphatic rings. The van der Waals surface area contributed by atoms with Crippen LogP contribution in [0.3, 0.4) is 0 Å². The second-order valence-electron chi connectivity index (χ2n) is 26.3. The zero-order chi connectivity index (χ0) is 59.9. The number of esters is 3. The van der Waals surface area contributed by atoms with Crippen LogP contribution in [-0.2, 0) is 28.6 Å². The van der Waals surface area contributed by atoms with E-state index in [1.165, 1.54) is 347 Å². The third-order valence-corrected chi connectivity index (χ3v) is 17.8. The van der Waals surface area contributed by atoms with E-state index in [1.807, 2.05) is 0 Å². The highest BCUT2D eigenvalue weighted by Crippen LogP contribution is 2.20. The standard InChI is InChI=1S/C77H148O6/c1-4-7-10-13-16-19-22-25-27-29-31-33-35-36-37-38-39-40-41-43-44-46-48-50-52-55-58-61-64-67-70-76(79)82-73-74(72-81-75(78)69-66-63-60-57-54-24-21-18-15-12-9-6-3)83-77(80)71-68-65-62-59-56-53-51-49-47-45-42-34-32-30-28-26-23-20-17-14-11-8-5-2/h30,32,74H,4-29,31,33-73H2,1-3H3/b32-30-. The van der Waals surface area contributed by atoms with E-state index in [-0.39, 0.29) is 31.1 Å². The Morgan fingerprint density at radius 2 is 0.398 bits per heavy atom. The largest absolute Gasteiger partial charge is 0.462 e. The maximum Gasteiger partial charge on any atom is 0.306 e. The van der Waals surface area contributed by atoms with E-state index in [4.69, 9.17) is 14.2 Å². The summed E-state index contributed by atoms with van der Waals surface area (Å²) in [6.07, 6.45) is 88.5. The highest BCUT2D eigenvalue weighted by molar-refractivity contribution is 5.71. The van der Waals surface area contributed by atoms with Crippen LogP contribution in [0, 0.1) is 0 Å². The van der Waals surface area contributed by atoms with Crippen LogP contribution in [0.15, 0.2) is 12.2 Å². The molecule has 1 atom stereocenters. The van der Waals surface area contributed by atoms with Crippen LogP contribution >= 0.6 is 0 Å². The van der Waals surface area contributed by atoms with Gasteiger partial charge in [0.05, 0.1) is 0 Å². The summed E-state index contributed by atoms with van der Waals surface area (Å²) in [6.45, 7) is 6.73. The van der Waals surface area contributed by atoms with Gasteiger partial charge in [0, 0.05) is 19.3 Å². The lowest BCUT2D eigenvalue weighted by Gasteiger charge is -2.18. The molecule has 0 saturated heterocycles. The molecule has 0 aromatic carbocycles. The van der Waals surface area contributed by atoms with E-state index in [9.17, 15) is 14.4 Å². The Bertz CT molecular complexity index is 1300.